The number of rotatable bonds is 2. The number of aryl methyl sites for hydroxylation is 1. The van der Waals surface area contributed by atoms with Crippen molar-refractivity contribution in [2.75, 3.05) is 56.9 Å². The van der Waals surface area contributed by atoms with E-state index in [0.717, 1.165) is 11.7 Å². The first-order valence-corrected chi connectivity index (χ1v) is 9.17. The van der Waals surface area contributed by atoms with Crippen molar-refractivity contribution in [2.24, 2.45) is 0 Å². The minimum absolute atomic E-state index is 0.782. The van der Waals surface area contributed by atoms with E-state index in [2.05, 4.69) is 40.8 Å². The lowest BCUT2D eigenvalue weighted by Crippen LogP contribution is -2.52. The molecule has 0 amide bonds. The summed E-state index contributed by atoms with van der Waals surface area (Å²) >= 11 is 0. The molecule has 0 aromatic heterocycles. The van der Waals surface area contributed by atoms with Gasteiger partial charge in [-0.25, -0.2) is 0 Å². The normalized spacial score (nSPS) is 21.0. The van der Waals surface area contributed by atoms with Crippen LogP contribution in [-0.2, 0) is 0 Å². The van der Waals surface area contributed by atoms with Gasteiger partial charge < -0.3 is 15.5 Å². The molecule has 2 N–H and O–H groups in total. The molecule has 4 heteroatoms. The number of likely N-dealkylation sites (N-methyl/N-ethyl adjacent to an activating group) is 1. The molecule has 2 aliphatic rings. The van der Waals surface area contributed by atoms with Gasteiger partial charge >= 0.3 is 0 Å². The summed E-state index contributed by atoms with van der Waals surface area (Å²) in [7, 11) is 2.23. The van der Waals surface area contributed by atoms with E-state index < -0.39 is 0 Å². The molecular weight excluding hydrogens is 284 g/mol. The van der Waals surface area contributed by atoms with Crippen LogP contribution in [0.3, 0.4) is 0 Å². The molecule has 2 fully saturated rings. The third-order valence-electron chi connectivity index (χ3n) is 5.08. The zero-order valence-electron chi connectivity index (χ0n) is 15.4. The van der Waals surface area contributed by atoms with Crippen molar-refractivity contribution in [3.63, 3.8) is 0 Å². The molecule has 1 aromatic rings. The van der Waals surface area contributed by atoms with Gasteiger partial charge in [0.1, 0.15) is 0 Å². The van der Waals surface area contributed by atoms with Crippen LogP contribution in [0.2, 0.25) is 0 Å². The first-order chi connectivity index (χ1) is 11.1. The number of nitrogens with two attached hydrogens (primary N) is 1. The van der Waals surface area contributed by atoms with E-state index in [0.29, 0.717) is 0 Å². The molecule has 0 spiro atoms. The van der Waals surface area contributed by atoms with Crippen molar-refractivity contribution in [3.05, 3.63) is 23.8 Å². The molecule has 2 saturated heterocycles. The van der Waals surface area contributed by atoms with E-state index >= 15 is 0 Å². The molecule has 0 unspecified atom stereocenters. The third kappa shape index (κ3) is 4.61. The van der Waals surface area contributed by atoms with E-state index in [1.165, 1.54) is 63.4 Å². The van der Waals surface area contributed by atoms with Gasteiger partial charge in [0, 0.05) is 56.7 Å². The lowest BCUT2D eigenvalue weighted by atomic mass is 10.0. The number of hydrogen-bond acceptors (Lipinski definition) is 4. The van der Waals surface area contributed by atoms with E-state index in [9.17, 15) is 0 Å². The van der Waals surface area contributed by atoms with Crippen LogP contribution in [0.15, 0.2) is 18.2 Å². The molecule has 1 aromatic carbocycles. The largest absolute Gasteiger partial charge is 0.399 e. The predicted octanol–water partition coefficient (Wildman–Crippen LogP) is 2.82. The molecule has 0 bridgehead atoms. The Morgan fingerprint density at radius 3 is 2.13 bits per heavy atom. The van der Waals surface area contributed by atoms with Gasteiger partial charge in [0.15, 0.2) is 0 Å². The molecule has 2 aliphatic heterocycles. The Morgan fingerprint density at radius 1 is 0.957 bits per heavy atom. The highest BCUT2D eigenvalue weighted by molar-refractivity contribution is 5.59. The second-order valence-electron chi connectivity index (χ2n) is 6.60. The summed E-state index contributed by atoms with van der Waals surface area (Å²) in [6.07, 6.45) is 2.57. The summed E-state index contributed by atoms with van der Waals surface area (Å²) in [5.74, 6) is 0. The van der Waals surface area contributed by atoms with Gasteiger partial charge in [-0.3, -0.25) is 4.90 Å². The molecule has 23 heavy (non-hydrogen) atoms. The van der Waals surface area contributed by atoms with Crippen LogP contribution in [-0.4, -0.2) is 62.2 Å². The van der Waals surface area contributed by atoms with Gasteiger partial charge in [-0.15, -0.1) is 0 Å². The van der Waals surface area contributed by atoms with Gasteiger partial charge in [0.2, 0.25) is 0 Å². The molecule has 130 valence electrons. The molecule has 0 saturated carbocycles. The maximum atomic E-state index is 5.86. The second-order valence-corrected chi connectivity index (χ2v) is 6.60. The first-order valence-electron chi connectivity index (χ1n) is 9.17. The topological polar surface area (TPSA) is 35.7 Å². The highest BCUT2D eigenvalue weighted by atomic mass is 15.3. The molecule has 2 heterocycles. The SMILES string of the molecule is CC.Cc1cc(N)ccc1N1CCC(N2CCN(C)CC2)CC1. The molecule has 0 atom stereocenters. The Bertz CT molecular complexity index is 472. The number of hydrogen-bond donors (Lipinski definition) is 1. The van der Waals surface area contributed by atoms with Gasteiger partial charge in [-0.2, -0.15) is 0 Å². The van der Waals surface area contributed by atoms with Crippen LogP contribution >= 0.6 is 0 Å². The minimum Gasteiger partial charge on any atom is -0.399 e. The molecule has 0 radical (unpaired) electrons. The van der Waals surface area contributed by atoms with Crippen molar-refractivity contribution in [3.8, 4) is 0 Å². The van der Waals surface area contributed by atoms with Crippen LogP contribution in [0.5, 0.6) is 0 Å². The van der Waals surface area contributed by atoms with Gasteiger partial charge in [0.05, 0.1) is 0 Å². The van der Waals surface area contributed by atoms with Crippen LogP contribution in [0.4, 0.5) is 11.4 Å². The fourth-order valence-electron chi connectivity index (χ4n) is 3.69. The smallest absolute Gasteiger partial charge is 0.0397 e. The summed E-state index contributed by atoms with van der Waals surface area (Å²) in [5, 5.41) is 0. The van der Waals surface area contributed by atoms with Crippen molar-refractivity contribution < 1.29 is 0 Å². The summed E-state index contributed by atoms with van der Waals surface area (Å²) in [4.78, 5) is 7.66. The van der Waals surface area contributed by atoms with Crippen LogP contribution in [0.1, 0.15) is 32.3 Å². The summed E-state index contributed by atoms with van der Waals surface area (Å²) < 4.78 is 0. The average molecular weight is 319 g/mol. The van der Waals surface area contributed by atoms with Crippen molar-refractivity contribution in [2.45, 2.75) is 39.7 Å². The quantitative estimate of drug-likeness (QED) is 0.851. The number of piperidine rings is 1. The highest BCUT2D eigenvalue weighted by Crippen LogP contribution is 2.27. The second kappa shape index (κ2) is 8.55. The van der Waals surface area contributed by atoms with E-state index in [1.54, 1.807) is 0 Å². The zero-order valence-corrected chi connectivity index (χ0v) is 15.4. The maximum absolute atomic E-state index is 5.86. The Labute approximate surface area is 142 Å². The lowest BCUT2D eigenvalue weighted by Gasteiger charge is -2.42. The zero-order chi connectivity index (χ0) is 16.8. The van der Waals surface area contributed by atoms with Gasteiger partial charge in [0.25, 0.3) is 0 Å². The fraction of sp³-hybridized carbons (Fsp3) is 0.684. The molecule has 3 rings (SSSR count). The standard InChI is InChI=1S/C17H28N4.C2H6/c1-14-13-15(18)3-4-17(14)21-7-5-16(6-8-21)20-11-9-19(2)10-12-20;1-2/h3-4,13,16H,5-12,18H2,1-2H3;1-2H3. The average Bonchev–Trinajstić information content (AvgIpc) is 2.58. The monoisotopic (exact) mass is 318 g/mol. The number of benzene rings is 1. The van der Waals surface area contributed by atoms with Crippen molar-refractivity contribution in [1.82, 2.24) is 9.80 Å². The van der Waals surface area contributed by atoms with Crippen LogP contribution in [0.25, 0.3) is 0 Å². The Balaban J connectivity index is 0.000000924. The summed E-state index contributed by atoms with van der Waals surface area (Å²) in [6.45, 7) is 13.4. The summed E-state index contributed by atoms with van der Waals surface area (Å²) in [6, 6.07) is 7.07. The van der Waals surface area contributed by atoms with Crippen molar-refractivity contribution >= 4 is 11.4 Å². The minimum atomic E-state index is 0.782. The molecule has 4 nitrogen and oxygen atoms in total. The van der Waals surface area contributed by atoms with Crippen LogP contribution in [0, 0.1) is 6.92 Å². The third-order valence-corrected chi connectivity index (χ3v) is 5.08. The molecular formula is C19H34N4. The number of nitrogen functional groups attached to an aromatic ring is 1. The predicted molar refractivity (Wildman–Crippen MR) is 101 cm³/mol. The van der Waals surface area contributed by atoms with Gasteiger partial charge in [-0.1, -0.05) is 13.8 Å². The Hall–Kier alpha value is -1.26. The number of nitrogens with zero attached hydrogens (tertiary/aromatic N) is 3. The number of anilines is 2. The Kier molecular flexibility index (Phi) is 6.72. The van der Waals surface area contributed by atoms with Gasteiger partial charge in [-0.05, 0) is 50.6 Å². The molecule has 0 aliphatic carbocycles. The lowest BCUT2D eigenvalue weighted by molar-refractivity contribution is 0.0982. The summed E-state index contributed by atoms with van der Waals surface area (Å²) in [5.41, 5.74) is 9.38. The maximum Gasteiger partial charge on any atom is 0.0397 e. The fourth-order valence-corrected chi connectivity index (χ4v) is 3.69. The first kappa shape index (κ1) is 18.1. The van der Waals surface area contributed by atoms with Crippen molar-refractivity contribution in [1.29, 1.82) is 0 Å². The van der Waals surface area contributed by atoms with E-state index in [1.807, 2.05) is 19.9 Å². The van der Waals surface area contributed by atoms with E-state index in [4.69, 9.17) is 5.73 Å². The highest BCUT2D eigenvalue weighted by Gasteiger charge is 2.27. The Morgan fingerprint density at radius 2 is 1.57 bits per heavy atom. The van der Waals surface area contributed by atoms with Crippen LogP contribution < -0.4 is 10.6 Å². The number of piperazine rings is 1. The van der Waals surface area contributed by atoms with E-state index in [-0.39, 0.29) is 0 Å².